The number of para-hydroxylation sites is 1. The minimum Gasteiger partial charge on any atom is -0.384 e. The highest BCUT2D eigenvalue weighted by molar-refractivity contribution is 5.73. The van der Waals surface area contributed by atoms with E-state index >= 15 is 0 Å². The van der Waals surface area contributed by atoms with Gasteiger partial charge in [-0.25, -0.2) is 4.68 Å². The van der Waals surface area contributed by atoms with E-state index < -0.39 is 0 Å². The second kappa shape index (κ2) is 6.33. The van der Waals surface area contributed by atoms with E-state index in [1.165, 1.54) is 25.9 Å². The molecular weight excluding hydrogens is 252 g/mol. The van der Waals surface area contributed by atoms with E-state index in [9.17, 15) is 0 Å². The molecule has 0 amide bonds. The number of piperidine rings is 1. The first-order chi connectivity index (χ1) is 9.86. The maximum atomic E-state index is 5.24. The van der Waals surface area contributed by atoms with Gasteiger partial charge >= 0.3 is 0 Å². The van der Waals surface area contributed by atoms with Crippen LogP contribution >= 0.6 is 0 Å². The van der Waals surface area contributed by atoms with Crippen molar-refractivity contribution in [1.29, 1.82) is 0 Å². The van der Waals surface area contributed by atoms with Crippen molar-refractivity contribution in [2.24, 2.45) is 5.92 Å². The molecule has 0 spiro atoms. The Morgan fingerprint density at radius 3 is 2.80 bits per heavy atom. The van der Waals surface area contributed by atoms with Crippen LogP contribution in [0.2, 0.25) is 0 Å². The van der Waals surface area contributed by atoms with Gasteiger partial charge in [-0.05, 0) is 44.0 Å². The van der Waals surface area contributed by atoms with E-state index in [0.29, 0.717) is 0 Å². The second-order valence-corrected chi connectivity index (χ2v) is 5.54. The van der Waals surface area contributed by atoms with Crippen molar-refractivity contribution in [1.82, 2.24) is 19.9 Å². The summed E-state index contributed by atoms with van der Waals surface area (Å²) in [4.78, 5) is 2.52. The first kappa shape index (κ1) is 13.5. The first-order valence-corrected chi connectivity index (χ1v) is 7.36. The van der Waals surface area contributed by atoms with Gasteiger partial charge in [0.1, 0.15) is 5.52 Å². The number of ether oxygens (including phenoxy) is 1. The Morgan fingerprint density at radius 2 is 2.00 bits per heavy atom. The summed E-state index contributed by atoms with van der Waals surface area (Å²) in [5.41, 5.74) is 2.10. The Hall–Kier alpha value is -1.46. The van der Waals surface area contributed by atoms with Crippen molar-refractivity contribution < 1.29 is 4.74 Å². The summed E-state index contributed by atoms with van der Waals surface area (Å²) >= 11 is 0. The van der Waals surface area contributed by atoms with Gasteiger partial charge in [0, 0.05) is 20.3 Å². The van der Waals surface area contributed by atoms with Crippen molar-refractivity contribution in [3.63, 3.8) is 0 Å². The molecule has 1 aromatic carbocycles. The summed E-state index contributed by atoms with van der Waals surface area (Å²) in [5.74, 6) is 0.739. The lowest BCUT2D eigenvalue weighted by Crippen LogP contribution is -2.37. The highest BCUT2D eigenvalue weighted by atomic mass is 16.5. The zero-order chi connectivity index (χ0) is 13.8. The van der Waals surface area contributed by atoms with Gasteiger partial charge in [0.25, 0.3) is 0 Å². The van der Waals surface area contributed by atoms with E-state index in [0.717, 1.165) is 36.6 Å². The highest BCUT2D eigenvalue weighted by Crippen LogP contribution is 2.17. The fourth-order valence-electron chi connectivity index (χ4n) is 2.93. The van der Waals surface area contributed by atoms with Gasteiger partial charge in [-0.3, -0.25) is 0 Å². The molecule has 108 valence electrons. The molecule has 1 saturated heterocycles. The van der Waals surface area contributed by atoms with Gasteiger partial charge in [0.2, 0.25) is 0 Å². The lowest BCUT2D eigenvalue weighted by Gasteiger charge is -2.31. The number of fused-ring (bicyclic) bond motifs is 1. The van der Waals surface area contributed by atoms with Crippen LogP contribution in [-0.2, 0) is 11.3 Å². The van der Waals surface area contributed by atoms with Crippen LogP contribution in [-0.4, -0.2) is 53.2 Å². The Kier molecular flexibility index (Phi) is 4.28. The summed E-state index contributed by atoms with van der Waals surface area (Å²) in [6.45, 7) is 5.20. The molecule has 0 saturated carbocycles. The van der Waals surface area contributed by atoms with Crippen LogP contribution in [0.1, 0.15) is 12.8 Å². The monoisotopic (exact) mass is 274 g/mol. The smallest absolute Gasteiger partial charge is 0.113 e. The minimum absolute atomic E-state index is 0.739. The van der Waals surface area contributed by atoms with Crippen molar-refractivity contribution in [2.45, 2.75) is 19.4 Å². The Balaban J connectivity index is 1.53. The van der Waals surface area contributed by atoms with Crippen molar-refractivity contribution in [3.8, 4) is 0 Å². The molecule has 1 aromatic heterocycles. The summed E-state index contributed by atoms with van der Waals surface area (Å²) in [7, 11) is 1.79. The van der Waals surface area contributed by atoms with Crippen molar-refractivity contribution in [3.05, 3.63) is 24.3 Å². The van der Waals surface area contributed by atoms with Crippen LogP contribution in [0.15, 0.2) is 24.3 Å². The number of likely N-dealkylation sites (tertiary alicyclic amines) is 1. The normalized spacial score (nSPS) is 17.9. The van der Waals surface area contributed by atoms with E-state index in [2.05, 4.69) is 21.3 Å². The number of rotatable bonds is 5. The predicted molar refractivity (Wildman–Crippen MR) is 78.6 cm³/mol. The number of nitrogens with zero attached hydrogens (tertiary/aromatic N) is 4. The van der Waals surface area contributed by atoms with E-state index in [4.69, 9.17) is 4.74 Å². The summed E-state index contributed by atoms with van der Waals surface area (Å²) < 4.78 is 7.25. The quantitative estimate of drug-likeness (QED) is 0.833. The SMILES string of the molecule is COCC1CCN(CCn2nnc3ccccc32)CC1. The molecule has 0 aliphatic carbocycles. The molecule has 0 atom stereocenters. The molecule has 5 nitrogen and oxygen atoms in total. The molecule has 20 heavy (non-hydrogen) atoms. The van der Waals surface area contributed by atoms with Crippen LogP contribution in [0, 0.1) is 5.92 Å². The number of aromatic nitrogens is 3. The van der Waals surface area contributed by atoms with Gasteiger partial charge in [-0.15, -0.1) is 5.10 Å². The standard InChI is InChI=1S/C15H22N4O/c1-20-12-13-6-8-18(9-7-13)10-11-19-15-5-3-2-4-14(15)16-17-19/h2-5,13H,6-12H2,1H3. The zero-order valence-corrected chi connectivity index (χ0v) is 12.0. The average Bonchev–Trinajstić information content (AvgIpc) is 2.90. The zero-order valence-electron chi connectivity index (χ0n) is 12.0. The van der Waals surface area contributed by atoms with Crippen LogP contribution in [0.3, 0.4) is 0 Å². The summed E-state index contributed by atoms with van der Waals surface area (Å²) in [6, 6.07) is 8.13. The van der Waals surface area contributed by atoms with Crippen molar-refractivity contribution >= 4 is 11.0 Å². The van der Waals surface area contributed by atoms with Gasteiger partial charge in [-0.2, -0.15) is 0 Å². The summed E-state index contributed by atoms with van der Waals surface area (Å²) in [5, 5.41) is 8.44. The van der Waals surface area contributed by atoms with Crippen LogP contribution in [0.25, 0.3) is 11.0 Å². The van der Waals surface area contributed by atoms with Crippen LogP contribution in [0.5, 0.6) is 0 Å². The molecule has 2 aromatic rings. The third-order valence-electron chi connectivity index (χ3n) is 4.16. The average molecular weight is 274 g/mol. The molecule has 1 aliphatic heterocycles. The Bertz CT molecular complexity index is 546. The molecule has 0 unspecified atom stereocenters. The Morgan fingerprint density at radius 1 is 1.20 bits per heavy atom. The summed E-state index contributed by atoms with van der Waals surface area (Å²) in [6.07, 6.45) is 2.48. The van der Waals surface area contributed by atoms with E-state index in [1.807, 2.05) is 22.9 Å². The number of hydrogen-bond acceptors (Lipinski definition) is 4. The molecule has 0 bridgehead atoms. The van der Waals surface area contributed by atoms with Gasteiger partial charge in [0.15, 0.2) is 0 Å². The van der Waals surface area contributed by atoms with Crippen LogP contribution < -0.4 is 0 Å². The third kappa shape index (κ3) is 2.99. The van der Waals surface area contributed by atoms with Crippen LogP contribution in [0.4, 0.5) is 0 Å². The molecule has 3 rings (SSSR count). The largest absolute Gasteiger partial charge is 0.384 e. The lowest BCUT2D eigenvalue weighted by molar-refractivity contribution is 0.0977. The number of hydrogen-bond donors (Lipinski definition) is 0. The predicted octanol–water partition coefficient (Wildman–Crippen LogP) is 1.79. The number of methoxy groups -OCH3 is 1. The van der Waals surface area contributed by atoms with Crippen molar-refractivity contribution in [2.75, 3.05) is 33.4 Å². The number of benzene rings is 1. The Labute approximate surface area is 119 Å². The molecule has 0 N–H and O–H groups in total. The topological polar surface area (TPSA) is 43.2 Å². The fraction of sp³-hybridized carbons (Fsp3) is 0.600. The maximum absolute atomic E-state index is 5.24. The van der Waals surface area contributed by atoms with Gasteiger partial charge in [-0.1, -0.05) is 17.3 Å². The van der Waals surface area contributed by atoms with Gasteiger partial charge < -0.3 is 9.64 Å². The first-order valence-electron chi connectivity index (χ1n) is 7.36. The fourth-order valence-corrected chi connectivity index (χ4v) is 2.93. The molecule has 1 aliphatic rings. The third-order valence-corrected chi connectivity index (χ3v) is 4.16. The highest BCUT2D eigenvalue weighted by Gasteiger charge is 2.18. The molecular formula is C15H22N4O. The van der Waals surface area contributed by atoms with Gasteiger partial charge in [0.05, 0.1) is 12.1 Å². The lowest BCUT2D eigenvalue weighted by atomic mass is 9.98. The molecule has 0 radical (unpaired) electrons. The second-order valence-electron chi connectivity index (χ2n) is 5.54. The minimum atomic E-state index is 0.739. The molecule has 2 heterocycles. The van der Waals surface area contributed by atoms with E-state index in [-0.39, 0.29) is 0 Å². The maximum Gasteiger partial charge on any atom is 0.113 e. The molecule has 5 heteroatoms. The van der Waals surface area contributed by atoms with E-state index in [1.54, 1.807) is 7.11 Å². The molecule has 1 fully saturated rings.